The molecule has 1 aromatic heterocycles. The summed E-state index contributed by atoms with van der Waals surface area (Å²) in [6.07, 6.45) is 0.711. The van der Waals surface area contributed by atoms with Crippen molar-refractivity contribution in [2.45, 2.75) is 12.6 Å². The van der Waals surface area contributed by atoms with Crippen molar-refractivity contribution >= 4 is 11.5 Å². The molecule has 82 valence electrons. The molecule has 2 heterocycles. The average molecular weight is 214 g/mol. The number of nitro groups is 1. The fraction of sp³-hybridized carbons (Fsp3) is 0.625. The van der Waals surface area contributed by atoms with Gasteiger partial charge in [-0.1, -0.05) is 0 Å². The summed E-state index contributed by atoms with van der Waals surface area (Å²) in [4.78, 5) is 11.9. The molecule has 0 saturated carbocycles. The Morgan fingerprint density at radius 1 is 1.73 bits per heavy atom. The Balaban J connectivity index is 2.34. The van der Waals surface area contributed by atoms with Crippen LogP contribution in [0.25, 0.3) is 0 Å². The Morgan fingerprint density at radius 3 is 3.00 bits per heavy atom. The second-order valence-electron chi connectivity index (χ2n) is 3.57. The summed E-state index contributed by atoms with van der Waals surface area (Å²) >= 11 is 0. The van der Waals surface area contributed by atoms with Gasteiger partial charge in [0.05, 0.1) is 11.5 Å². The number of halogens is 1. The van der Waals surface area contributed by atoms with E-state index in [1.165, 1.54) is 10.9 Å². The van der Waals surface area contributed by atoms with Crippen LogP contribution in [0.3, 0.4) is 0 Å². The third kappa shape index (κ3) is 1.64. The molecule has 0 radical (unpaired) electrons. The molecule has 1 saturated heterocycles. The molecule has 1 aromatic rings. The summed E-state index contributed by atoms with van der Waals surface area (Å²) < 4.78 is 14.4. The highest BCUT2D eigenvalue weighted by molar-refractivity contribution is 5.58. The van der Waals surface area contributed by atoms with Crippen LogP contribution in [0.1, 0.15) is 6.42 Å². The Hall–Kier alpha value is -1.66. The van der Waals surface area contributed by atoms with Crippen molar-refractivity contribution in [3.63, 3.8) is 0 Å². The molecular formula is C8H11FN4O2. The fourth-order valence-electron chi connectivity index (χ4n) is 1.82. The predicted octanol–water partition coefficient (Wildman–Crippen LogP) is 0.876. The maximum absolute atomic E-state index is 13.0. The highest BCUT2D eigenvalue weighted by atomic mass is 19.1. The molecule has 7 heteroatoms. The summed E-state index contributed by atoms with van der Waals surface area (Å²) in [5.41, 5.74) is -0.0633. The summed E-state index contributed by atoms with van der Waals surface area (Å²) in [6, 6.07) is 0. The lowest BCUT2D eigenvalue weighted by atomic mass is 10.3. The van der Waals surface area contributed by atoms with Crippen LogP contribution in [0.4, 0.5) is 15.9 Å². The molecule has 1 fully saturated rings. The zero-order valence-corrected chi connectivity index (χ0v) is 8.26. The van der Waals surface area contributed by atoms with E-state index in [9.17, 15) is 14.5 Å². The Bertz CT molecular complexity index is 392. The molecule has 2 rings (SSSR count). The second-order valence-corrected chi connectivity index (χ2v) is 3.57. The molecule has 0 bridgehead atoms. The van der Waals surface area contributed by atoms with Crippen LogP contribution in [-0.2, 0) is 7.05 Å². The molecule has 0 spiro atoms. The first-order valence-corrected chi connectivity index (χ1v) is 4.65. The highest BCUT2D eigenvalue weighted by Gasteiger charge is 2.30. The van der Waals surface area contributed by atoms with E-state index in [1.54, 1.807) is 11.9 Å². The van der Waals surface area contributed by atoms with Gasteiger partial charge >= 0.3 is 5.69 Å². The average Bonchev–Trinajstić information content (AvgIpc) is 2.71. The third-order valence-corrected chi connectivity index (χ3v) is 2.52. The number of hydrogen-bond acceptors (Lipinski definition) is 4. The Kier molecular flexibility index (Phi) is 2.29. The maximum atomic E-state index is 13.0. The van der Waals surface area contributed by atoms with Gasteiger partial charge in [-0.15, -0.1) is 0 Å². The number of anilines is 1. The van der Waals surface area contributed by atoms with E-state index in [-0.39, 0.29) is 12.2 Å². The van der Waals surface area contributed by atoms with Gasteiger partial charge in [-0.05, 0) is 6.42 Å². The number of aryl methyl sites for hydroxylation is 1. The zero-order chi connectivity index (χ0) is 11.0. The van der Waals surface area contributed by atoms with Gasteiger partial charge in [0.25, 0.3) is 0 Å². The van der Waals surface area contributed by atoms with Gasteiger partial charge in [0.2, 0.25) is 5.82 Å². The molecule has 0 aliphatic carbocycles. The van der Waals surface area contributed by atoms with Crippen molar-refractivity contribution in [3.8, 4) is 0 Å². The van der Waals surface area contributed by atoms with Gasteiger partial charge in [-0.25, -0.2) is 9.07 Å². The first-order valence-electron chi connectivity index (χ1n) is 4.65. The van der Waals surface area contributed by atoms with Crippen LogP contribution in [0.15, 0.2) is 6.20 Å². The van der Waals surface area contributed by atoms with Crippen molar-refractivity contribution in [2.75, 3.05) is 18.0 Å². The van der Waals surface area contributed by atoms with Gasteiger partial charge in [-0.2, -0.15) is 5.10 Å². The first kappa shape index (κ1) is 9.88. The lowest BCUT2D eigenvalue weighted by Crippen LogP contribution is -2.23. The van der Waals surface area contributed by atoms with Crippen LogP contribution in [-0.4, -0.2) is 34.0 Å². The predicted molar refractivity (Wildman–Crippen MR) is 51.6 cm³/mol. The smallest absolute Gasteiger partial charge is 0.331 e. The van der Waals surface area contributed by atoms with Crippen molar-refractivity contribution < 1.29 is 9.31 Å². The maximum Gasteiger partial charge on any atom is 0.331 e. The minimum atomic E-state index is -0.903. The molecule has 1 aliphatic heterocycles. The molecule has 0 N–H and O–H groups in total. The van der Waals surface area contributed by atoms with E-state index in [0.29, 0.717) is 18.8 Å². The fourth-order valence-corrected chi connectivity index (χ4v) is 1.82. The Morgan fingerprint density at radius 2 is 2.47 bits per heavy atom. The molecule has 0 aromatic carbocycles. The van der Waals surface area contributed by atoms with Gasteiger partial charge in [0.1, 0.15) is 12.4 Å². The van der Waals surface area contributed by atoms with Gasteiger partial charge in [0, 0.05) is 13.6 Å². The van der Waals surface area contributed by atoms with Crippen LogP contribution < -0.4 is 4.90 Å². The number of rotatable bonds is 2. The van der Waals surface area contributed by atoms with E-state index in [2.05, 4.69) is 5.10 Å². The first-order chi connectivity index (χ1) is 7.09. The van der Waals surface area contributed by atoms with Crippen LogP contribution in [0.5, 0.6) is 0 Å². The SMILES string of the molecule is Cn1ncc([N+](=O)[O-])c1N1CCC(F)C1. The van der Waals surface area contributed by atoms with Crippen LogP contribution in [0, 0.1) is 10.1 Å². The molecule has 1 aliphatic rings. The normalized spacial score (nSPS) is 20.9. The van der Waals surface area contributed by atoms with Crippen molar-refractivity contribution in [1.82, 2.24) is 9.78 Å². The van der Waals surface area contributed by atoms with Gasteiger partial charge in [0.15, 0.2) is 0 Å². The van der Waals surface area contributed by atoms with E-state index >= 15 is 0 Å². The second kappa shape index (κ2) is 3.48. The Labute approximate surface area is 85.4 Å². The molecule has 6 nitrogen and oxygen atoms in total. The molecule has 0 amide bonds. The molecule has 1 atom stereocenters. The number of aromatic nitrogens is 2. The van der Waals surface area contributed by atoms with Gasteiger partial charge < -0.3 is 4.90 Å². The van der Waals surface area contributed by atoms with E-state index < -0.39 is 11.1 Å². The number of hydrogen-bond donors (Lipinski definition) is 0. The largest absolute Gasteiger partial charge is 0.348 e. The standard InChI is InChI=1S/C8H11FN4O2/c1-11-8(7(4-10-11)13(14)15)12-3-2-6(9)5-12/h4,6H,2-3,5H2,1H3. The van der Waals surface area contributed by atoms with E-state index in [0.717, 1.165) is 0 Å². The topological polar surface area (TPSA) is 64.2 Å². The third-order valence-electron chi connectivity index (χ3n) is 2.52. The van der Waals surface area contributed by atoms with Gasteiger partial charge in [-0.3, -0.25) is 10.1 Å². The van der Waals surface area contributed by atoms with Crippen molar-refractivity contribution in [2.24, 2.45) is 7.05 Å². The van der Waals surface area contributed by atoms with Crippen molar-refractivity contribution in [3.05, 3.63) is 16.3 Å². The number of alkyl halides is 1. The summed E-state index contributed by atoms with van der Waals surface area (Å²) in [5, 5.41) is 14.5. The van der Waals surface area contributed by atoms with Crippen LogP contribution >= 0.6 is 0 Å². The lowest BCUT2D eigenvalue weighted by Gasteiger charge is -2.15. The summed E-state index contributed by atoms with van der Waals surface area (Å²) in [6.45, 7) is 0.710. The number of nitrogens with zero attached hydrogens (tertiary/aromatic N) is 4. The zero-order valence-electron chi connectivity index (χ0n) is 8.26. The van der Waals surface area contributed by atoms with E-state index in [4.69, 9.17) is 0 Å². The van der Waals surface area contributed by atoms with E-state index in [1.807, 2.05) is 0 Å². The highest BCUT2D eigenvalue weighted by Crippen LogP contribution is 2.30. The minimum Gasteiger partial charge on any atom is -0.348 e. The monoisotopic (exact) mass is 214 g/mol. The van der Waals surface area contributed by atoms with Crippen molar-refractivity contribution in [1.29, 1.82) is 0 Å². The molecular weight excluding hydrogens is 203 g/mol. The molecule has 15 heavy (non-hydrogen) atoms. The van der Waals surface area contributed by atoms with Crippen LogP contribution in [0.2, 0.25) is 0 Å². The lowest BCUT2D eigenvalue weighted by molar-refractivity contribution is -0.384. The quantitative estimate of drug-likeness (QED) is 0.541. The minimum absolute atomic E-state index is 0.0633. The molecule has 1 unspecified atom stereocenters. The summed E-state index contributed by atoms with van der Waals surface area (Å²) in [7, 11) is 1.62. The summed E-state index contributed by atoms with van der Waals surface area (Å²) in [5.74, 6) is 0.389.